The predicted octanol–water partition coefficient (Wildman–Crippen LogP) is 12.0. The van der Waals surface area contributed by atoms with E-state index in [0.29, 0.717) is 0 Å². The van der Waals surface area contributed by atoms with Gasteiger partial charge < -0.3 is 0 Å². The molecule has 0 heteroatoms. The molecule has 0 heterocycles. The molecule has 0 spiro atoms. The van der Waals surface area contributed by atoms with Crippen molar-refractivity contribution in [1.29, 1.82) is 0 Å². The van der Waals surface area contributed by atoms with Crippen LogP contribution in [0.1, 0.15) is 164 Å². The first kappa shape index (κ1) is 30.0. The van der Waals surface area contributed by atoms with Crippen LogP contribution in [0.3, 0.4) is 0 Å². The molecule has 0 nitrogen and oxygen atoms in total. The van der Waals surface area contributed by atoms with Crippen LogP contribution in [-0.4, -0.2) is 0 Å². The number of hydrogen-bond acceptors (Lipinski definition) is 0. The molecule has 10 unspecified atom stereocenters. The van der Waals surface area contributed by atoms with Crippen molar-refractivity contribution in [3.8, 4) is 0 Å². The van der Waals surface area contributed by atoms with Crippen LogP contribution in [-0.2, 0) is 0 Å². The summed E-state index contributed by atoms with van der Waals surface area (Å²) < 4.78 is 0. The van der Waals surface area contributed by atoms with Crippen molar-refractivity contribution in [1.82, 2.24) is 0 Å². The van der Waals surface area contributed by atoms with Crippen molar-refractivity contribution < 1.29 is 0 Å². The van der Waals surface area contributed by atoms with Crippen LogP contribution < -0.4 is 0 Å². The van der Waals surface area contributed by atoms with Crippen LogP contribution in [0.4, 0.5) is 0 Å². The van der Waals surface area contributed by atoms with Crippen molar-refractivity contribution in [2.45, 2.75) is 164 Å². The minimum Gasteiger partial charge on any atom is -0.0654 e. The van der Waals surface area contributed by atoms with Crippen LogP contribution in [0, 0.1) is 71.0 Å². The molecule has 5 rings (SSSR count). The Bertz CT molecular complexity index is 628. The highest BCUT2D eigenvalue weighted by Crippen LogP contribution is 2.56. The lowest BCUT2D eigenvalue weighted by molar-refractivity contribution is -0.00156. The fraction of sp³-hybridized carbons (Fsp3) is 1.00. The molecular formula is C37H68. The molecule has 0 aromatic rings. The zero-order valence-electron chi connectivity index (χ0n) is 26.4. The summed E-state index contributed by atoms with van der Waals surface area (Å²) in [7, 11) is 0. The standard InChI is InChI=1S/C21H38.C16H30/c1-4-5-8-19-16(3)14-18-7-6-9-20(18)21(19)17-12-10-15(2)11-13-17;1-4-13-7-9-16(14(5-2)11-13)15-8-6-12(3)10-15/h15-21H,4-14H2,1-3H3;12-16H,4-11H2,1-3H3. The topological polar surface area (TPSA) is 0 Å². The Morgan fingerprint density at radius 3 is 1.92 bits per heavy atom. The summed E-state index contributed by atoms with van der Waals surface area (Å²) in [4.78, 5) is 0. The zero-order valence-corrected chi connectivity index (χ0v) is 26.4. The van der Waals surface area contributed by atoms with E-state index in [0.717, 1.165) is 71.0 Å². The average Bonchev–Trinajstić information content (AvgIpc) is 3.56. The van der Waals surface area contributed by atoms with E-state index >= 15 is 0 Å². The van der Waals surface area contributed by atoms with Gasteiger partial charge in [-0.2, -0.15) is 0 Å². The molecule has 216 valence electrons. The first-order valence-corrected chi connectivity index (χ1v) is 17.9. The summed E-state index contributed by atoms with van der Waals surface area (Å²) in [6.07, 6.45) is 28.9. The molecule has 5 aliphatic rings. The van der Waals surface area contributed by atoms with Gasteiger partial charge in [0.1, 0.15) is 0 Å². The molecule has 5 aliphatic carbocycles. The Labute approximate surface area is 234 Å². The van der Waals surface area contributed by atoms with Crippen molar-refractivity contribution >= 4 is 0 Å². The summed E-state index contributed by atoms with van der Waals surface area (Å²) in [5.74, 6) is 12.9. The van der Waals surface area contributed by atoms with Gasteiger partial charge in [-0.15, -0.1) is 0 Å². The summed E-state index contributed by atoms with van der Waals surface area (Å²) >= 11 is 0. The molecule has 5 saturated carbocycles. The van der Waals surface area contributed by atoms with Crippen molar-refractivity contribution in [2.24, 2.45) is 71.0 Å². The van der Waals surface area contributed by atoms with Gasteiger partial charge >= 0.3 is 0 Å². The molecule has 0 radical (unpaired) electrons. The lowest BCUT2D eigenvalue weighted by atomic mass is 9.56. The van der Waals surface area contributed by atoms with E-state index in [1.165, 1.54) is 64.2 Å². The van der Waals surface area contributed by atoms with Gasteiger partial charge in [-0.05, 0) is 129 Å². The van der Waals surface area contributed by atoms with Crippen LogP contribution in [0.15, 0.2) is 0 Å². The zero-order chi connectivity index (χ0) is 26.4. The van der Waals surface area contributed by atoms with E-state index < -0.39 is 0 Å². The first-order valence-electron chi connectivity index (χ1n) is 17.9. The highest BCUT2D eigenvalue weighted by Gasteiger charge is 2.47. The van der Waals surface area contributed by atoms with Gasteiger partial charge in [0, 0.05) is 0 Å². The van der Waals surface area contributed by atoms with Crippen LogP contribution >= 0.6 is 0 Å². The molecule has 5 fully saturated rings. The van der Waals surface area contributed by atoms with Crippen LogP contribution in [0.5, 0.6) is 0 Å². The Morgan fingerprint density at radius 1 is 0.568 bits per heavy atom. The van der Waals surface area contributed by atoms with Gasteiger partial charge in [-0.3, -0.25) is 0 Å². The van der Waals surface area contributed by atoms with Gasteiger partial charge in [0.25, 0.3) is 0 Å². The summed E-state index contributed by atoms with van der Waals surface area (Å²) in [5.41, 5.74) is 0. The van der Waals surface area contributed by atoms with Gasteiger partial charge in [-0.25, -0.2) is 0 Å². The second kappa shape index (κ2) is 14.6. The largest absolute Gasteiger partial charge is 0.0654 e. The maximum atomic E-state index is 2.60. The summed E-state index contributed by atoms with van der Waals surface area (Å²) in [6.45, 7) is 14.7. The SMILES string of the molecule is CCC1CCC(C2CCC(C)C2)C(CC)C1.CCCCC1C(C)CC2CCCC2C1C1CCC(C)CC1. The fourth-order valence-electron chi connectivity index (χ4n) is 11.0. The molecule has 10 atom stereocenters. The average molecular weight is 513 g/mol. The quantitative estimate of drug-likeness (QED) is 0.318. The van der Waals surface area contributed by atoms with Crippen molar-refractivity contribution in [3.05, 3.63) is 0 Å². The minimum atomic E-state index is 1.01. The molecule has 0 saturated heterocycles. The maximum absolute atomic E-state index is 2.60. The third-order valence-electron chi connectivity index (χ3n) is 13.2. The van der Waals surface area contributed by atoms with E-state index in [4.69, 9.17) is 0 Å². The molecule has 0 aliphatic heterocycles. The highest BCUT2D eigenvalue weighted by molar-refractivity contribution is 4.97. The molecule has 0 N–H and O–H groups in total. The van der Waals surface area contributed by atoms with E-state index in [2.05, 4.69) is 41.5 Å². The van der Waals surface area contributed by atoms with E-state index in [9.17, 15) is 0 Å². The second-order valence-electron chi connectivity index (χ2n) is 15.6. The number of fused-ring (bicyclic) bond motifs is 1. The van der Waals surface area contributed by atoms with Crippen LogP contribution in [0.2, 0.25) is 0 Å². The van der Waals surface area contributed by atoms with E-state index in [1.54, 1.807) is 57.8 Å². The summed E-state index contributed by atoms with van der Waals surface area (Å²) in [5, 5.41) is 0. The lowest BCUT2D eigenvalue weighted by Crippen LogP contribution is -2.42. The fourth-order valence-corrected chi connectivity index (χ4v) is 11.0. The second-order valence-corrected chi connectivity index (χ2v) is 15.6. The Hall–Kier alpha value is 0. The van der Waals surface area contributed by atoms with E-state index in [1.807, 2.05) is 0 Å². The van der Waals surface area contributed by atoms with Crippen LogP contribution in [0.25, 0.3) is 0 Å². The third-order valence-corrected chi connectivity index (χ3v) is 13.2. The van der Waals surface area contributed by atoms with Gasteiger partial charge in [0.05, 0.1) is 0 Å². The van der Waals surface area contributed by atoms with E-state index in [-0.39, 0.29) is 0 Å². The molecule has 0 bridgehead atoms. The van der Waals surface area contributed by atoms with Crippen molar-refractivity contribution in [3.63, 3.8) is 0 Å². The highest BCUT2D eigenvalue weighted by atomic mass is 14.5. The Morgan fingerprint density at radius 2 is 1.27 bits per heavy atom. The predicted molar refractivity (Wildman–Crippen MR) is 164 cm³/mol. The number of unbranched alkanes of at least 4 members (excludes halogenated alkanes) is 1. The molecule has 0 aromatic heterocycles. The summed E-state index contributed by atoms with van der Waals surface area (Å²) in [6, 6.07) is 0. The minimum absolute atomic E-state index is 1.01. The maximum Gasteiger partial charge on any atom is -0.0324 e. The third kappa shape index (κ3) is 7.60. The molecule has 0 amide bonds. The smallest absolute Gasteiger partial charge is 0.0324 e. The van der Waals surface area contributed by atoms with Gasteiger partial charge in [-0.1, -0.05) is 106 Å². The number of hydrogen-bond donors (Lipinski definition) is 0. The van der Waals surface area contributed by atoms with Gasteiger partial charge in [0.2, 0.25) is 0 Å². The van der Waals surface area contributed by atoms with Crippen molar-refractivity contribution in [2.75, 3.05) is 0 Å². The molecule has 37 heavy (non-hydrogen) atoms. The Kier molecular flexibility index (Phi) is 11.8. The first-order chi connectivity index (χ1) is 17.9. The monoisotopic (exact) mass is 513 g/mol. The molecule has 0 aromatic carbocycles. The lowest BCUT2D eigenvalue weighted by Gasteiger charge is -2.49. The Balaban J connectivity index is 0.000000180. The van der Waals surface area contributed by atoms with Gasteiger partial charge in [0.15, 0.2) is 0 Å². The normalized spacial score (nSPS) is 46.2. The molecular weight excluding hydrogens is 444 g/mol. The number of rotatable bonds is 7.